The smallest absolute Gasteiger partial charge is 0.251 e. The second-order valence-corrected chi connectivity index (χ2v) is 5.94. The van der Waals surface area contributed by atoms with Crippen molar-refractivity contribution in [2.75, 3.05) is 6.54 Å². The minimum atomic E-state index is -0.0357. The maximum Gasteiger partial charge on any atom is 0.251 e. The molecule has 0 saturated carbocycles. The van der Waals surface area contributed by atoms with Gasteiger partial charge in [0.05, 0.1) is 5.02 Å². The van der Waals surface area contributed by atoms with E-state index in [2.05, 4.69) is 33.5 Å². The Bertz CT molecular complexity index is 456. The summed E-state index contributed by atoms with van der Waals surface area (Å²) >= 11 is 9.24. The number of benzene rings is 1. The van der Waals surface area contributed by atoms with E-state index in [9.17, 15) is 4.79 Å². The van der Waals surface area contributed by atoms with Gasteiger partial charge in [0.15, 0.2) is 0 Å². The fourth-order valence-corrected chi connectivity index (χ4v) is 2.67. The van der Waals surface area contributed by atoms with E-state index in [0.717, 1.165) is 23.9 Å². The Hall–Kier alpha value is -0.290. The molecule has 2 unspecified atom stereocenters. The van der Waals surface area contributed by atoms with Gasteiger partial charge >= 0.3 is 0 Å². The van der Waals surface area contributed by atoms with Crippen LogP contribution in [0.5, 0.6) is 0 Å². The summed E-state index contributed by atoms with van der Waals surface area (Å²) in [7, 11) is 0. The van der Waals surface area contributed by atoms with Gasteiger partial charge in [-0.1, -0.05) is 11.6 Å². The quantitative estimate of drug-likeness (QED) is 0.841. The van der Waals surface area contributed by atoms with Crippen molar-refractivity contribution >= 4 is 45.8 Å². The van der Waals surface area contributed by atoms with Crippen LogP contribution in [0.2, 0.25) is 5.02 Å². The summed E-state index contributed by atoms with van der Waals surface area (Å²) in [6, 6.07) is 5.94. The molecule has 0 bridgehead atoms. The van der Waals surface area contributed by atoms with Crippen molar-refractivity contribution in [1.82, 2.24) is 10.6 Å². The average Bonchev–Trinajstić information content (AvgIpc) is 2.32. The third-order valence-corrected chi connectivity index (χ3v) is 4.35. The zero-order valence-electron chi connectivity index (χ0n) is 10.6. The van der Waals surface area contributed by atoms with Crippen LogP contribution in [-0.4, -0.2) is 24.5 Å². The number of nitrogens with one attached hydrogen (secondary N) is 2. The van der Waals surface area contributed by atoms with Crippen molar-refractivity contribution in [3.63, 3.8) is 0 Å². The van der Waals surface area contributed by atoms with Gasteiger partial charge in [-0.25, -0.2) is 0 Å². The molecule has 1 aromatic rings. The minimum Gasteiger partial charge on any atom is -0.349 e. The molecule has 3 nitrogen and oxygen atoms in total. The highest BCUT2D eigenvalue weighted by molar-refractivity contribution is 9.10. The normalized spacial score (nSPS) is 22.5. The second-order valence-electron chi connectivity index (χ2n) is 4.68. The lowest BCUT2D eigenvalue weighted by Crippen LogP contribution is -2.46. The Kier molecular flexibility index (Phi) is 6.60. The van der Waals surface area contributed by atoms with Gasteiger partial charge in [0.1, 0.15) is 0 Å². The standard InChI is InChI=1S/C13H16BrClN2O.ClH/c1-8-6-10(4-5-16-8)17-13(18)9-2-3-12(15)11(14)7-9;/h2-3,7-8,10,16H,4-6H2,1H3,(H,17,18);1H. The van der Waals surface area contributed by atoms with E-state index in [1.807, 2.05) is 0 Å². The molecule has 6 heteroatoms. The van der Waals surface area contributed by atoms with Crippen LogP contribution in [-0.2, 0) is 0 Å². The monoisotopic (exact) mass is 366 g/mol. The topological polar surface area (TPSA) is 41.1 Å². The number of carbonyl (C=O) groups is 1. The first-order valence-electron chi connectivity index (χ1n) is 6.05. The first-order chi connectivity index (χ1) is 8.56. The maximum absolute atomic E-state index is 12.1. The Balaban J connectivity index is 0.00000180. The third-order valence-electron chi connectivity index (χ3n) is 3.14. The predicted molar refractivity (Wildman–Crippen MR) is 84.4 cm³/mol. The van der Waals surface area contributed by atoms with Crippen LogP contribution in [0.1, 0.15) is 30.1 Å². The number of halogens is 3. The summed E-state index contributed by atoms with van der Waals surface area (Å²) in [6.45, 7) is 3.09. The van der Waals surface area contributed by atoms with Gasteiger partial charge in [0, 0.05) is 22.1 Å². The van der Waals surface area contributed by atoms with Gasteiger partial charge in [0.25, 0.3) is 5.91 Å². The SMILES string of the molecule is CC1CC(NC(=O)c2ccc(Cl)c(Br)c2)CCN1.Cl. The molecule has 2 N–H and O–H groups in total. The van der Waals surface area contributed by atoms with Crippen molar-refractivity contribution in [2.24, 2.45) is 0 Å². The Labute approximate surface area is 133 Å². The van der Waals surface area contributed by atoms with Crippen molar-refractivity contribution in [3.05, 3.63) is 33.3 Å². The van der Waals surface area contributed by atoms with Crippen LogP contribution in [0.15, 0.2) is 22.7 Å². The lowest BCUT2D eigenvalue weighted by atomic mass is 10.0. The minimum absolute atomic E-state index is 0. The molecule has 1 heterocycles. The molecule has 106 valence electrons. The molecule has 1 aliphatic rings. The van der Waals surface area contributed by atoms with Gasteiger partial charge in [-0.2, -0.15) is 0 Å². The molecule has 0 spiro atoms. The zero-order chi connectivity index (χ0) is 13.1. The summed E-state index contributed by atoms with van der Waals surface area (Å²) < 4.78 is 0.746. The number of amides is 1. The highest BCUT2D eigenvalue weighted by Crippen LogP contribution is 2.23. The van der Waals surface area contributed by atoms with E-state index in [1.54, 1.807) is 18.2 Å². The molecule has 1 aliphatic heterocycles. The van der Waals surface area contributed by atoms with E-state index in [-0.39, 0.29) is 24.4 Å². The number of carbonyl (C=O) groups excluding carboxylic acids is 1. The van der Waals surface area contributed by atoms with Crippen molar-refractivity contribution < 1.29 is 4.79 Å². The fourth-order valence-electron chi connectivity index (χ4n) is 2.17. The van der Waals surface area contributed by atoms with E-state index >= 15 is 0 Å². The molecule has 2 atom stereocenters. The van der Waals surface area contributed by atoms with Gasteiger partial charge in [0.2, 0.25) is 0 Å². The van der Waals surface area contributed by atoms with Crippen LogP contribution in [0.4, 0.5) is 0 Å². The van der Waals surface area contributed by atoms with Gasteiger partial charge in [-0.05, 0) is 60.4 Å². The van der Waals surface area contributed by atoms with Crippen LogP contribution in [0.3, 0.4) is 0 Å². The van der Waals surface area contributed by atoms with Crippen molar-refractivity contribution in [1.29, 1.82) is 0 Å². The summed E-state index contributed by atoms with van der Waals surface area (Å²) in [5, 5.41) is 7.05. The number of piperidine rings is 1. The first-order valence-corrected chi connectivity index (χ1v) is 7.22. The van der Waals surface area contributed by atoms with Crippen LogP contribution >= 0.6 is 39.9 Å². The van der Waals surface area contributed by atoms with E-state index < -0.39 is 0 Å². The molecular weight excluding hydrogens is 351 g/mol. The fraction of sp³-hybridized carbons (Fsp3) is 0.462. The molecule has 1 fully saturated rings. The van der Waals surface area contributed by atoms with Gasteiger partial charge < -0.3 is 10.6 Å². The Morgan fingerprint density at radius 3 is 2.89 bits per heavy atom. The van der Waals surface area contributed by atoms with E-state index in [1.165, 1.54) is 0 Å². The zero-order valence-corrected chi connectivity index (χ0v) is 13.7. The van der Waals surface area contributed by atoms with E-state index in [4.69, 9.17) is 11.6 Å². The molecule has 0 aliphatic carbocycles. The van der Waals surface area contributed by atoms with Crippen LogP contribution in [0, 0.1) is 0 Å². The summed E-state index contributed by atoms with van der Waals surface area (Å²) in [5.74, 6) is -0.0357. The van der Waals surface area contributed by atoms with Crippen molar-refractivity contribution in [2.45, 2.75) is 31.8 Å². The largest absolute Gasteiger partial charge is 0.349 e. The van der Waals surface area contributed by atoms with Gasteiger partial charge in [-0.15, -0.1) is 12.4 Å². The Morgan fingerprint density at radius 1 is 1.53 bits per heavy atom. The highest BCUT2D eigenvalue weighted by Gasteiger charge is 2.20. The second kappa shape index (κ2) is 7.48. The molecule has 1 aromatic carbocycles. The molecule has 0 aromatic heterocycles. The molecule has 0 radical (unpaired) electrons. The average molecular weight is 368 g/mol. The summed E-state index contributed by atoms with van der Waals surface area (Å²) in [5.41, 5.74) is 0.637. The molecular formula is C13H17BrCl2N2O. The van der Waals surface area contributed by atoms with Crippen LogP contribution in [0.25, 0.3) is 0 Å². The summed E-state index contributed by atoms with van der Waals surface area (Å²) in [6.07, 6.45) is 1.95. The molecule has 2 rings (SSSR count). The highest BCUT2D eigenvalue weighted by atomic mass is 79.9. The summed E-state index contributed by atoms with van der Waals surface area (Å²) in [4.78, 5) is 12.1. The predicted octanol–water partition coefficient (Wildman–Crippen LogP) is 3.39. The lowest BCUT2D eigenvalue weighted by molar-refractivity contribution is 0.0925. The molecule has 1 amide bonds. The van der Waals surface area contributed by atoms with Crippen molar-refractivity contribution in [3.8, 4) is 0 Å². The van der Waals surface area contributed by atoms with Gasteiger partial charge in [-0.3, -0.25) is 4.79 Å². The number of rotatable bonds is 2. The Morgan fingerprint density at radius 2 is 2.26 bits per heavy atom. The number of hydrogen-bond acceptors (Lipinski definition) is 2. The van der Waals surface area contributed by atoms with E-state index in [0.29, 0.717) is 16.6 Å². The molecule has 19 heavy (non-hydrogen) atoms. The maximum atomic E-state index is 12.1. The first kappa shape index (κ1) is 16.8. The van der Waals surface area contributed by atoms with Crippen LogP contribution < -0.4 is 10.6 Å². The molecule has 1 saturated heterocycles. The number of hydrogen-bond donors (Lipinski definition) is 2. The third kappa shape index (κ3) is 4.63. The lowest BCUT2D eigenvalue weighted by Gasteiger charge is -2.28.